The second-order valence-electron chi connectivity index (χ2n) is 4.34. The van der Waals surface area contributed by atoms with Gasteiger partial charge in [-0.1, -0.05) is 6.08 Å². The monoisotopic (exact) mass is 236 g/mol. The minimum atomic E-state index is -0.244. The van der Waals surface area contributed by atoms with Gasteiger partial charge in [0, 0.05) is 38.9 Å². The molecule has 2 aliphatic heterocycles. The van der Waals surface area contributed by atoms with Crippen molar-refractivity contribution in [1.82, 2.24) is 20.9 Å². The van der Waals surface area contributed by atoms with Crippen LogP contribution in [-0.2, 0) is 4.79 Å². The molecule has 1 unspecified atom stereocenters. The van der Waals surface area contributed by atoms with Crippen molar-refractivity contribution in [3.63, 3.8) is 0 Å². The minimum Gasteiger partial charge on any atom is -0.372 e. The molecule has 0 spiro atoms. The number of hydrogen-bond acceptors (Lipinski definition) is 4. The van der Waals surface area contributed by atoms with Crippen LogP contribution in [0, 0.1) is 0 Å². The van der Waals surface area contributed by atoms with Crippen LogP contribution in [0.25, 0.3) is 0 Å². The Morgan fingerprint density at radius 1 is 1.47 bits per heavy atom. The molecule has 5 heteroatoms. The molecular formula is C12H20N4O. The molecule has 2 aliphatic rings. The van der Waals surface area contributed by atoms with Crippen LogP contribution < -0.4 is 16.0 Å². The van der Waals surface area contributed by atoms with Crippen molar-refractivity contribution in [1.29, 1.82) is 0 Å². The van der Waals surface area contributed by atoms with Gasteiger partial charge in [-0.25, -0.2) is 0 Å². The van der Waals surface area contributed by atoms with Gasteiger partial charge in [0.15, 0.2) is 0 Å². The molecule has 1 amide bonds. The molecule has 3 N–H and O–H groups in total. The maximum atomic E-state index is 11.5. The number of rotatable bonds is 2. The fraction of sp³-hybridized carbons (Fsp3) is 0.583. The van der Waals surface area contributed by atoms with Crippen LogP contribution in [-0.4, -0.2) is 50.1 Å². The van der Waals surface area contributed by atoms with E-state index in [2.05, 4.69) is 26.9 Å². The number of carbonyl (C=O) groups is 1. The number of dihydropyridines is 1. The molecule has 2 rings (SSSR count). The van der Waals surface area contributed by atoms with Gasteiger partial charge in [-0.05, 0) is 13.0 Å². The van der Waals surface area contributed by atoms with Gasteiger partial charge in [0.05, 0.1) is 5.70 Å². The summed E-state index contributed by atoms with van der Waals surface area (Å²) in [5, 5.41) is 9.22. The highest BCUT2D eigenvalue weighted by molar-refractivity contribution is 5.84. The molecule has 17 heavy (non-hydrogen) atoms. The Morgan fingerprint density at radius 3 is 2.76 bits per heavy atom. The number of piperazine rings is 1. The summed E-state index contributed by atoms with van der Waals surface area (Å²) in [4.78, 5) is 13.9. The zero-order valence-corrected chi connectivity index (χ0v) is 10.4. The molecule has 0 aromatic carbocycles. The zero-order chi connectivity index (χ0) is 12.3. The van der Waals surface area contributed by atoms with E-state index in [1.165, 1.54) is 5.70 Å². The lowest BCUT2D eigenvalue weighted by Crippen LogP contribution is -2.47. The Balaban J connectivity index is 2.05. The molecule has 1 atom stereocenters. The smallest absolute Gasteiger partial charge is 0.246 e. The molecule has 0 aliphatic carbocycles. The van der Waals surface area contributed by atoms with E-state index in [9.17, 15) is 4.79 Å². The van der Waals surface area contributed by atoms with Crippen LogP contribution >= 0.6 is 0 Å². The molecule has 0 aromatic heterocycles. The van der Waals surface area contributed by atoms with Gasteiger partial charge in [0.25, 0.3) is 0 Å². The Kier molecular flexibility index (Phi) is 3.68. The third-order valence-electron chi connectivity index (χ3n) is 3.19. The van der Waals surface area contributed by atoms with E-state index in [-0.39, 0.29) is 11.9 Å². The Hall–Kier alpha value is -1.49. The summed E-state index contributed by atoms with van der Waals surface area (Å²) < 4.78 is 0. The molecular weight excluding hydrogens is 216 g/mol. The van der Waals surface area contributed by atoms with Gasteiger partial charge in [-0.15, -0.1) is 0 Å². The topological polar surface area (TPSA) is 56.4 Å². The van der Waals surface area contributed by atoms with Crippen molar-refractivity contribution in [3.8, 4) is 0 Å². The average molecular weight is 236 g/mol. The van der Waals surface area contributed by atoms with Crippen LogP contribution in [0.4, 0.5) is 0 Å². The van der Waals surface area contributed by atoms with Gasteiger partial charge < -0.3 is 20.9 Å². The first kappa shape index (κ1) is 12.0. The number of nitrogens with zero attached hydrogens (tertiary/aromatic N) is 1. The zero-order valence-electron chi connectivity index (χ0n) is 10.4. The van der Waals surface area contributed by atoms with Crippen LogP contribution in [0.5, 0.6) is 0 Å². The largest absolute Gasteiger partial charge is 0.372 e. The summed E-state index contributed by atoms with van der Waals surface area (Å²) in [7, 11) is 1.66. The molecule has 0 saturated carbocycles. The van der Waals surface area contributed by atoms with Gasteiger partial charge in [0.2, 0.25) is 5.91 Å². The Labute approximate surface area is 102 Å². The van der Waals surface area contributed by atoms with Crippen LogP contribution in [0.1, 0.15) is 6.92 Å². The van der Waals surface area contributed by atoms with E-state index in [0.717, 1.165) is 31.9 Å². The lowest BCUT2D eigenvalue weighted by atomic mass is 10.1. The molecule has 1 fully saturated rings. The predicted molar refractivity (Wildman–Crippen MR) is 67.3 cm³/mol. The van der Waals surface area contributed by atoms with Gasteiger partial charge in [-0.3, -0.25) is 4.79 Å². The summed E-state index contributed by atoms with van der Waals surface area (Å²) in [5.74, 6) is -0.0000363. The molecule has 1 saturated heterocycles. The third kappa shape index (κ3) is 2.61. The second kappa shape index (κ2) is 5.23. The molecule has 94 valence electrons. The van der Waals surface area contributed by atoms with Crippen molar-refractivity contribution in [3.05, 3.63) is 23.5 Å². The molecule has 0 radical (unpaired) electrons. The summed E-state index contributed by atoms with van der Waals surface area (Å²) in [5.41, 5.74) is 2.27. The highest BCUT2D eigenvalue weighted by Crippen LogP contribution is 2.16. The first-order valence-corrected chi connectivity index (χ1v) is 6.05. The normalized spacial score (nSPS) is 24.6. The first-order valence-electron chi connectivity index (χ1n) is 6.05. The molecule has 0 bridgehead atoms. The predicted octanol–water partition coefficient (Wildman–Crippen LogP) is -0.603. The minimum absolute atomic E-state index is 0.0000363. The molecule has 5 nitrogen and oxygen atoms in total. The number of nitrogens with one attached hydrogen (secondary N) is 3. The SMILES string of the molecule is CNC(=O)C1C=CC(N2CCNCC2)=C(C)N1. The second-order valence-corrected chi connectivity index (χ2v) is 4.34. The molecule has 0 aromatic rings. The van der Waals surface area contributed by atoms with E-state index in [4.69, 9.17) is 0 Å². The maximum Gasteiger partial charge on any atom is 0.246 e. The molecule has 2 heterocycles. The third-order valence-corrected chi connectivity index (χ3v) is 3.19. The van der Waals surface area contributed by atoms with Crippen LogP contribution in [0.3, 0.4) is 0 Å². The summed E-state index contributed by atoms with van der Waals surface area (Å²) in [6.07, 6.45) is 3.97. The van der Waals surface area contributed by atoms with Crippen molar-refractivity contribution in [2.24, 2.45) is 0 Å². The van der Waals surface area contributed by atoms with Crippen molar-refractivity contribution in [2.75, 3.05) is 33.2 Å². The number of hydrogen-bond donors (Lipinski definition) is 3. The van der Waals surface area contributed by atoms with E-state index in [0.29, 0.717) is 0 Å². The van der Waals surface area contributed by atoms with Gasteiger partial charge >= 0.3 is 0 Å². The summed E-state index contributed by atoms with van der Waals surface area (Å²) in [6, 6.07) is -0.244. The Bertz CT molecular complexity index is 356. The number of allylic oxidation sites excluding steroid dienone is 2. The van der Waals surface area contributed by atoms with Gasteiger partial charge in [0.1, 0.15) is 6.04 Å². The lowest BCUT2D eigenvalue weighted by Gasteiger charge is -2.34. The highest BCUT2D eigenvalue weighted by Gasteiger charge is 2.21. The first-order chi connectivity index (χ1) is 8.22. The van der Waals surface area contributed by atoms with Crippen LogP contribution in [0.15, 0.2) is 23.5 Å². The quantitative estimate of drug-likeness (QED) is 0.599. The standard InChI is InChI=1S/C12H20N4O/c1-9-11(16-7-5-14-6-8-16)4-3-10(15-9)12(17)13-2/h3-4,10,14-15H,5-8H2,1-2H3,(H,13,17). The fourth-order valence-corrected chi connectivity index (χ4v) is 2.22. The maximum absolute atomic E-state index is 11.5. The van der Waals surface area contributed by atoms with Crippen molar-refractivity contribution < 1.29 is 4.79 Å². The fourth-order valence-electron chi connectivity index (χ4n) is 2.22. The Morgan fingerprint density at radius 2 is 2.18 bits per heavy atom. The summed E-state index contributed by atoms with van der Waals surface area (Å²) >= 11 is 0. The van der Waals surface area contributed by atoms with Crippen molar-refractivity contribution in [2.45, 2.75) is 13.0 Å². The van der Waals surface area contributed by atoms with E-state index >= 15 is 0 Å². The number of carbonyl (C=O) groups excluding carboxylic acids is 1. The lowest BCUT2D eigenvalue weighted by molar-refractivity contribution is -0.121. The van der Waals surface area contributed by atoms with E-state index in [1.807, 2.05) is 13.0 Å². The van der Waals surface area contributed by atoms with Crippen molar-refractivity contribution >= 4 is 5.91 Å². The van der Waals surface area contributed by atoms with E-state index < -0.39 is 0 Å². The highest BCUT2D eigenvalue weighted by atomic mass is 16.2. The number of amides is 1. The summed E-state index contributed by atoms with van der Waals surface area (Å²) in [6.45, 7) is 6.09. The van der Waals surface area contributed by atoms with E-state index in [1.54, 1.807) is 7.05 Å². The number of likely N-dealkylation sites (N-methyl/N-ethyl adjacent to an activating group) is 1. The van der Waals surface area contributed by atoms with Crippen LogP contribution in [0.2, 0.25) is 0 Å². The van der Waals surface area contributed by atoms with Gasteiger partial charge in [-0.2, -0.15) is 0 Å². The average Bonchev–Trinajstić information content (AvgIpc) is 2.38.